The molecule has 0 amide bonds. The van der Waals surface area contributed by atoms with Gasteiger partial charge in [0.25, 0.3) is 0 Å². The van der Waals surface area contributed by atoms with Crippen molar-refractivity contribution in [2.75, 3.05) is 0 Å². The van der Waals surface area contributed by atoms with E-state index in [0.717, 1.165) is 31.3 Å². The van der Waals surface area contributed by atoms with Crippen molar-refractivity contribution in [3.63, 3.8) is 0 Å². The van der Waals surface area contributed by atoms with Gasteiger partial charge >= 0.3 is 0 Å². The van der Waals surface area contributed by atoms with Crippen LogP contribution in [-0.4, -0.2) is 9.55 Å². The molecule has 0 radical (unpaired) electrons. The molecule has 0 saturated heterocycles. The van der Waals surface area contributed by atoms with E-state index in [1.165, 1.54) is 11.3 Å². The van der Waals surface area contributed by atoms with E-state index in [1.807, 2.05) is 0 Å². The Labute approximate surface area is 103 Å². The predicted octanol–water partition coefficient (Wildman–Crippen LogP) is 0.403. The summed E-state index contributed by atoms with van der Waals surface area (Å²) < 4.78 is 2.36. The van der Waals surface area contributed by atoms with Gasteiger partial charge < -0.3 is 17.0 Å². The Kier molecular flexibility index (Phi) is 4.81. The number of aryl methyl sites for hydroxylation is 2. The first kappa shape index (κ1) is 13.0. The molecular formula is C13H18ClN2-. The fourth-order valence-corrected chi connectivity index (χ4v) is 2.01. The zero-order chi connectivity index (χ0) is 10.7. The van der Waals surface area contributed by atoms with Gasteiger partial charge in [-0.1, -0.05) is 26.0 Å². The standard InChI is InChI=1S/C13H18N2.ClH/c1-3-7-13-14-11-8-5-6-9-12(11)15(13)10-4-2;/h5-6,8-9H,3-4,7,10H2,1-2H3;1H/p-1. The topological polar surface area (TPSA) is 17.8 Å². The van der Waals surface area contributed by atoms with E-state index in [-0.39, 0.29) is 12.4 Å². The van der Waals surface area contributed by atoms with Crippen molar-refractivity contribution in [1.82, 2.24) is 9.55 Å². The molecule has 0 fully saturated rings. The van der Waals surface area contributed by atoms with Crippen molar-refractivity contribution in [3.8, 4) is 0 Å². The van der Waals surface area contributed by atoms with Crippen molar-refractivity contribution >= 4 is 11.0 Å². The third-order valence-corrected chi connectivity index (χ3v) is 2.65. The fraction of sp³-hybridized carbons (Fsp3) is 0.462. The summed E-state index contributed by atoms with van der Waals surface area (Å²) in [5.41, 5.74) is 2.41. The summed E-state index contributed by atoms with van der Waals surface area (Å²) in [5, 5.41) is 0. The van der Waals surface area contributed by atoms with Crippen LogP contribution < -0.4 is 12.4 Å². The minimum Gasteiger partial charge on any atom is -1.00 e. The normalized spacial score (nSPS) is 10.4. The van der Waals surface area contributed by atoms with Gasteiger partial charge in [0, 0.05) is 13.0 Å². The highest BCUT2D eigenvalue weighted by atomic mass is 35.5. The van der Waals surface area contributed by atoms with Crippen LogP contribution in [0.25, 0.3) is 11.0 Å². The third kappa shape index (κ3) is 2.38. The van der Waals surface area contributed by atoms with E-state index < -0.39 is 0 Å². The van der Waals surface area contributed by atoms with Crippen molar-refractivity contribution in [2.45, 2.75) is 39.7 Å². The monoisotopic (exact) mass is 237 g/mol. The summed E-state index contributed by atoms with van der Waals surface area (Å²) in [6.07, 6.45) is 3.40. The minimum atomic E-state index is 0. The maximum Gasteiger partial charge on any atom is 0.109 e. The van der Waals surface area contributed by atoms with Crippen molar-refractivity contribution in [3.05, 3.63) is 30.1 Å². The zero-order valence-electron chi connectivity index (χ0n) is 9.91. The van der Waals surface area contributed by atoms with E-state index >= 15 is 0 Å². The molecule has 0 aliphatic rings. The summed E-state index contributed by atoms with van der Waals surface area (Å²) in [7, 11) is 0. The molecule has 2 aromatic rings. The molecule has 0 bridgehead atoms. The summed E-state index contributed by atoms with van der Waals surface area (Å²) in [6, 6.07) is 8.41. The SMILES string of the molecule is CCCc1nc2ccccc2n1CCC.[Cl-]. The second-order valence-corrected chi connectivity index (χ2v) is 3.92. The highest BCUT2D eigenvalue weighted by Gasteiger charge is 2.07. The molecule has 2 nitrogen and oxygen atoms in total. The molecule has 88 valence electrons. The van der Waals surface area contributed by atoms with Crippen LogP contribution in [0.1, 0.15) is 32.5 Å². The lowest BCUT2D eigenvalue weighted by atomic mass is 10.3. The number of imidazole rings is 1. The predicted molar refractivity (Wildman–Crippen MR) is 64.0 cm³/mol. The van der Waals surface area contributed by atoms with Gasteiger partial charge in [-0.15, -0.1) is 0 Å². The molecular weight excluding hydrogens is 220 g/mol. The summed E-state index contributed by atoms with van der Waals surface area (Å²) >= 11 is 0. The first-order valence-electron chi connectivity index (χ1n) is 5.81. The molecule has 0 unspecified atom stereocenters. The Morgan fingerprint density at radius 3 is 2.56 bits per heavy atom. The third-order valence-electron chi connectivity index (χ3n) is 2.65. The van der Waals surface area contributed by atoms with Crippen LogP contribution in [-0.2, 0) is 13.0 Å². The van der Waals surface area contributed by atoms with Crippen LogP contribution in [0.4, 0.5) is 0 Å². The van der Waals surface area contributed by atoms with E-state index in [1.54, 1.807) is 0 Å². The van der Waals surface area contributed by atoms with Crippen LogP contribution in [0.2, 0.25) is 0 Å². The van der Waals surface area contributed by atoms with Crippen molar-refractivity contribution in [2.24, 2.45) is 0 Å². The van der Waals surface area contributed by atoms with Gasteiger partial charge in [-0.25, -0.2) is 4.98 Å². The highest BCUT2D eigenvalue weighted by Crippen LogP contribution is 2.17. The van der Waals surface area contributed by atoms with E-state index in [9.17, 15) is 0 Å². The number of fused-ring (bicyclic) bond motifs is 1. The number of aromatic nitrogens is 2. The maximum atomic E-state index is 4.68. The number of hydrogen-bond acceptors (Lipinski definition) is 1. The fourth-order valence-electron chi connectivity index (χ4n) is 2.01. The summed E-state index contributed by atoms with van der Waals surface area (Å²) in [6.45, 7) is 5.50. The smallest absolute Gasteiger partial charge is 0.109 e. The summed E-state index contributed by atoms with van der Waals surface area (Å²) in [5.74, 6) is 1.24. The molecule has 3 heteroatoms. The average Bonchev–Trinajstić information content (AvgIpc) is 2.59. The lowest BCUT2D eigenvalue weighted by molar-refractivity contribution is -0.00000331. The number of halogens is 1. The molecule has 0 saturated carbocycles. The second kappa shape index (κ2) is 5.90. The first-order valence-corrected chi connectivity index (χ1v) is 5.81. The number of para-hydroxylation sites is 2. The minimum absolute atomic E-state index is 0. The van der Waals surface area contributed by atoms with Crippen LogP contribution >= 0.6 is 0 Å². The first-order chi connectivity index (χ1) is 7.36. The number of nitrogens with zero attached hydrogens (tertiary/aromatic N) is 2. The maximum absolute atomic E-state index is 4.68. The Bertz CT molecular complexity index is 448. The lowest BCUT2D eigenvalue weighted by Crippen LogP contribution is -3.00. The lowest BCUT2D eigenvalue weighted by Gasteiger charge is -2.06. The average molecular weight is 238 g/mol. The van der Waals surface area contributed by atoms with E-state index in [2.05, 4.69) is 47.7 Å². The van der Waals surface area contributed by atoms with Crippen LogP contribution in [0, 0.1) is 0 Å². The molecule has 16 heavy (non-hydrogen) atoms. The van der Waals surface area contributed by atoms with Gasteiger partial charge in [-0.2, -0.15) is 0 Å². The molecule has 1 heterocycles. The van der Waals surface area contributed by atoms with Gasteiger partial charge in [-0.3, -0.25) is 0 Å². The number of benzene rings is 1. The highest BCUT2D eigenvalue weighted by molar-refractivity contribution is 5.75. The molecule has 0 atom stereocenters. The van der Waals surface area contributed by atoms with Crippen LogP contribution in [0.5, 0.6) is 0 Å². The Hall–Kier alpha value is -1.02. The molecule has 0 spiro atoms. The van der Waals surface area contributed by atoms with E-state index in [4.69, 9.17) is 0 Å². The largest absolute Gasteiger partial charge is 1.00 e. The van der Waals surface area contributed by atoms with Crippen molar-refractivity contribution in [1.29, 1.82) is 0 Å². The molecule has 0 N–H and O–H groups in total. The van der Waals surface area contributed by atoms with Gasteiger partial charge in [-0.05, 0) is 25.0 Å². The Morgan fingerprint density at radius 1 is 1.12 bits per heavy atom. The molecule has 2 rings (SSSR count). The van der Waals surface area contributed by atoms with E-state index in [0.29, 0.717) is 0 Å². The molecule has 0 aliphatic heterocycles. The summed E-state index contributed by atoms with van der Waals surface area (Å²) in [4.78, 5) is 4.68. The number of hydrogen-bond donors (Lipinski definition) is 0. The van der Waals surface area contributed by atoms with Crippen LogP contribution in [0.15, 0.2) is 24.3 Å². The molecule has 1 aromatic heterocycles. The Morgan fingerprint density at radius 2 is 1.88 bits per heavy atom. The van der Waals surface area contributed by atoms with Gasteiger partial charge in [0.15, 0.2) is 0 Å². The van der Waals surface area contributed by atoms with Crippen molar-refractivity contribution < 1.29 is 12.4 Å². The van der Waals surface area contributed by atoms with Gasteiger partial charge in [0.05, 0.1) is 11.0 Å². The quantitative estimate of drug-likeness (QED) is 0.753. The molecule has 0 aliphatic carbocycles. The second-order valence-electron chi connectivity index (χ2n) is 3.92. The number of rotatable bonds is 4. The zero-order valence-corrected chi connectivity index (χ0v) is 10.7. The molecule has 1 aromatic carbocycles. The van der Waals surface area contributed by atoms with Gasteiger partial charge in [0.2, 0.25) is 0 Å². The Balaban J connectivity index is 0.00000128. The van der Waals surface area contributed by atoms with Gasteiger partial charge in [0.1, 0.15) is 5.82 Å². The van der Waals surface area contributed by atoms with Crippen LogP contribution in [0.3, 0.4) is 0 Å².